The second kappa shape index (κ2) is 13.0. The molecular weight excluding hydrogens is 442 g/mol. The lowest BCUT2D eigenvalue weighted by Crippen LogP contribution is -2.42. The van der Waals surface area contributed by atoms with Crippen molar-refractivity contribution in [2.45, 2.75) is 40.3 Å². The molecular formula is C20H33N3O8S. The summed E-state index contributed by atoms with van der Waals surface area (Å²) in [5, 5.41) is 11.8. The Morgan fingerprint density at radius 1 is 1.31 bits per heavy atom. The molecule has 1 unspecified atom stereocenters. The SMILES string of the molecule is CC(C)CC(C)(CNC(=O)OC[n+]1cccc(C(=O)N(C)C)c1)CC(=O)O.CS(=O)(=O)[O-]. The molecule has 11 nitrogen and oxygen atoms in total. The number of carboxylic acids is 1. The first kappa shape index (κ1) is 29.3. The third kappa shape index (κ3) is 14.3. The summed E-state index contributed by atoms with van der Waals surface area (Å²) in [4.78, 5) is 36.5. The van der Waals surface area contributed by atoms with Gasteiger partial charge in [-0.05, 0) is 23.8 Å². The summed E-state index contributed by atoms with van der Waals surface area (Å²) in [6, 6.07) is 3.38. The van der Waals surface area contributed by atoms with Crippen LogP contribution in [0.15, 0.2) is 24.5 Å². The number of nitrogens with one attached hydrogen (secondary N) is 1. The van der Waals surface area contributed by atoms with Gasteiger partial charge in [0.1, 0.15) is 5.56 Å². The van der Waals surface area contributed by atoms with E-state index in [9.17, 15) is 14.4 Å². The summed E-state index contributed by atoms with van der Waals surface area (Å²) in [7, 11) is -0.593. The Labute approximate surface area is 189 Å². The molecule has 0 bridgehead atoms. The van der Waals surface area contributed by atoms with Crippen LogP contribution in [0, 0.1) is 11.3 Å². The van der Waals surface area contributed by atoms with Crippen LogP contribution in [0.25, 0.3) is 0 Å². The predicted octanol–water partition coefficient (Wildman–Crippen LogP) is 1.05. The average Bonchev–Trinajstić information content (AvgIpc) is 2.61. The standard InChI is InChI=1S/C19H29N3O5.CH4O3S/c1-14(2)9-19(3,10-16(23)24)12-20-18(26)27-13-22-8-6-7-15(11-22)17(25)21(4)5;1-5(2,3)4/h6-8,11,14H,9-10,12-13H2,1-5H3,(H-,20,23,24,26);1H3,(H,2,3,4). The quantitative estimate of drug-likeness (QED) is 0.396. The van der Waals surface area contributed by atoms with Gasteiger partial charge in [-0.1, -0.05) is 20.8 Å². The first-order chi connectivity index (χ1) is 14.5. The number of ether oxygens (including phenoxy) is 1. The van der Waals surface area contributed by atoms with Crippen LogP contribution in [0.3, 0.4) is 0 Å². The number of carbonyl (C=O) groups is 3. The fourth-order valence-electron chi connectivity index (χ4n) is 3.01. The van der Waals surface area contributed by atoms with Gasteiger partial charge in [0.05, 0.1) is 16.5 Å². The molecule has 182 valence electrons. The van der Waals surface area contributed by atoms with Gasteiger partial charge in [-0.25, -0.2) is 13.2 Å². The number of aliphatic carboxylic acids is 1. The van der Waals surface area contributed by atoms with Gasteiger partial charge < -0.3 is 24.6 Å². The molecule has 2 N–H and O–H groups in total. The highest BCUT2D eigenvalue weighted by Crippen LogP contribution is 2.29. The highest BCUT2D eigenvalue weighted by atomic mass is 32.2. The summed E-state index contributed by atoms with van der Waals surface area (Å²) in [5.41, 5.74) is -0.0676. The van der Waals surface area contributed by atoms with Crippen molar-refractivity contribution in [2.75, 3.05) is 26.9 Å². The van der Waals surface area contributed by atoms with Crippen LogP contribution < -0.4 is 9.88 Å². The maximum absolute atomic E-state index is 12.0. The topological polar surface area (TPSA) is 157 Å². The zero-order valence-corrected chi connectivity index (χ0v) is 20.1. The van der Waals surface area contributed by atoms with Crippen LogP contribution in [-0.4, -0.2) is 67.8 Å². The van der Waals surface area contributed by atoms with Gasteiger partial charge in [-0.3, -0.25) is 9.59 Å². The first-order valence-corrected chi connectivity index (χ1v) is 11.6. The maximum Gasteiger partial charge on any atom is 0.412 e. The third-order valence-electron chi connectivity index (χ3n) is 3.99. The minimum absolute atomic E-state index is 0.0328. The number of carbonyl (C=O) groups excluding carboxylic acids is 2. The van der Waals surface area contributed by atoms with Gasteiger partial charge in [-0.2, -0.15) is 4.57 Å². The number of rotatable bonds is 9. The molecule has 0 radical (unpaired) electrons. The predicted molar refractivity (Wildman–Crippen MR) is 115 cm³/mol. The minimum Gasteiger partial charge on any atom is -0.748 e. The van der Waals surface area contributed by atoms with E-state index in [1.54, 1.807) is 43.2 Å². The van der Waals surface area contributed by atoms with Crippen molar-refractivity contribution >= 4 is 28.1 Å². The van der Waals surface area contributed by atoms with Gasteiger partial charge in [-0.15, -0.1) is 0 Å². The van der Waals surface area contributed by atoms with Gasteiger partial charge in [0.15, 0.2) is 12.4 Å². The second-order valence-electron chi connectivity index (χ2n) is 8.40. The maximum atomic E-state index is 12.0. The lowest BCUT2D eigenvalue weighted by molar-refractivity contribution is -0.727. The van der Waals surface area contributed by atoms with Crippen molar-refractivity contribution in [3.05, 3.63) is 30.1 Å². The fraction of sp³-hybridized carbons (Fsp3) is 0.600. The monoisotopic (exact) mass is 475 g/mol. The van der Waals surface area contributed by atoms with Crippen LogP contribution in [0.1, 0.15) is 44.0 Å². The van der Waals surface area contributed by atoms with E-state index in [1.807, 2.05) is 20.8 Å². The Balaban J connectivity index is 0.00000172. The number of aromatic nitrogens is 1. The summed E-state index contributed by atoms with van der Waals surface area (Å²) >= 11 is 0. The van der Waals surface area contributed by atoms with Crippen molar-refractivity contribution in [3.8, 4) is 0 Å². The molecule has 0 saturated carbocycles. The molecule has 2 amide bonds. The molecule has 0 saturated heterocycles. The normalized spacial score (nSPS) is 12.8. The van der Waals surface area contributed by atoms with Crippen molar-refractivity contribution in [1.29, 1.82) is 0 Å². The number of carboxylic acid groups (broad SMARTS) is 1. The molecule has 1 heterocycles. The van der Waals surface area contributed by atoms with Crippen molar-refractivity contribution in [2.24, 2.45) is 11.3 Å². The summed E-state index contributed by atoms with van der Waals surface area (Å²) in [6.45, 7) is 6.01. The van der Waals surface area contributed by atoms with E-state index in [4.69, 9.17) is 22.8 Å². The van der Waals surface area contributed by atoms with Crippen molar-refractivity contribution < 1.29 is 41.8 Å². The highest BCUT2D eigenvalue weighted by molar-refractivity contribution is 7.84. The Kier molecular flexibility index (Phi) is 11.9. The number of hydrogen-bond acceptors (Lipinski definition) is 7. The number of amides is 2. The number of hydrogen-bond donors (Lipinski definition) is 2. The second-order valence-corrected chi connectivity index (χ2v) is 9.81. The van der Waals surface area contributed by atoms with E-state index in [2.05, 4.69) is 5.32 Å². The lowest BCUT2D eigenvalue weighted by Gasteiger charge is -2.29. The van der Waals surface area contributed by atoms with Gasteiger partial charge in [0.2, 0.25) is 0 Å². The van der Waals surface area contributed by atoms with Crippen LogP contribution in [0.4, 0.5) is 4.79 Å². The highest BCUT2D eigenvalue weighted by Gasteiger charge is 2.29. The number of alkyl carbamates (subject to hydrolysis) is 1. The smallest absolute Gasteiger partial charge is 0.412 e. The first-order valence-electron chi connectivity index (χ1n) is 9.76. The number of pyridine rings is 1. The van der Waals surface area contributed by atoms with Crippen molar-refractivity contribution in [3.63, 3.8) is 0 Å². The van der Waals surface area contributed by atoms with E-state index in [0.717, 1.165) is 0 Å². The molecule has 1 rings (SSSR count). The van der Waals surface area contributed by atoms with Crippen LogP contribution >= 0.6 is 0 Å². The third-order valence-corrected chi connectivity index (χ3v) is 3.99. The Morgan fingerprint density at radius 3 is 2.34 bits per heavy atom. The zero-order chi connectivity index (χ0) is 25.1. The molecule has 0 aliphatic rings. The molecule has 1 atom stereocenters. The van der Waals surface area contributed by atoms with Gasteiger partial charge >= 0.3 is 12.1 Å². The van der Waals surface area contributed by atoms with E-state index in [-0.39, 0.29) is 25.6 Å². The van der Waals surface area contributed by atoms with Crippen LogP contribution in [-0.2, 0) is 26.4 Å². The lowest BCUT2D eigenvalue weighted by atomic mass is 9.79. The van der Waals surface area contributed by atoms with E-state index < -0.39 is 27.6 Å². The fourth-order valence-corrected chi connectivity index (χ4v) is 3.01. The summed E-state index contributed by atoms with van der Waals surface area (Å²) in [5.74, 6) is -0.738. The minimum atomic E-state index is -3.92. The Bertz CT molecular complexity index is 879. The zero-order valence-electron chi connectivity index (χ0n) is 19.3. The molecule has 12 heteroatoms. The average molecular weight is 476 g/mol. The molecule has 1 aromatic rings. The summed E-state index contributed by atoms with van der Waals surface area (Å²) < 4.78 is 34.0. The molecule has 0 spiro atoms. The van der Waals surface area contributed by atoms with Gasteiger partial charge in [0, 0.05) is 33.0 Å². The molecule has 0 aromatic carbocycles. The van der Waals surface area contributed by atoms with E-state index >= 15 is 0 Å². The molecule has 0 fully saturated rings. The van der Waals surface area contributed by atoms with Crippen LogP contribution in [0.2, 0.25) is 0 Å². The Morgan fingerprint density at radius 2 is 1.88 bits per heavy atom. The van der Waals surface area contributed by atoms with E-state index in [1.165, 1.54) is 4.90 Å². The Hall–Kier alpha value is -2.73. The molecule has 1 aromatic heterocycles. The molecule has 0 aliphatic heterocycles. The molecule has 0 aliphatic carbocycles. The summed E-state index contributed by atoms with van der Waals surface area (Å²) in [6.07, 6.45) is 3.90. The van der Waals surface area contributed by atoms with Gasteiger partial charge in [0.25, 0.3) is 12.6 Å². The largest absolute Gasteiger partial charge is 0.748 e. The van der Waals surface area contributed by atoms with E-state index in [0.29, 0.717) is 24.2 Å². The van der Waals surface area contributed by atoms with Crippen LogP contribution in [0.5, 0.6) is 0 Å². The van der Waals surface area contributed by atoms with Crippen molar-refractivity contribution in [1.82, 2.24) is 10.2 Å². The number of nitrogens with zero attached hydrogens (tertiary/aromatic N) is 2. The molecule has 32 heavy (non-hydrogen) atoms.